The maximum atomic E-state index is 13.2. The van der Waals surface area contributed by atoms with Crippen molar-refractivity contribution in [2.24, 2.45) is 4.99 Å². The van der Waals surface area contributed by atoms with Crippen molar-refractivity contribution in [2.75, 3.05) is 50.0 Å². The van der Waals surface area contributed by atoms with Gasteiger partial charge in [0.05, 0.1) is 6.54 Å². The number of para-hydroxylation sites is 1. The fourth-order valence-electron chi connectivity index (χ4n) is 3.08. The largest absolute Gasteiger partial charge is 0.368 e. The van der Waals surface area contributed by atoms with Crippen LogP contribution in [0.1, 0.15) is 0 Å². The molecular formula is C20H25FIN5O. The van der Waals surface area contributed by atoms with Crippen LogP contribution in [0.15, 0.2) is 59.6 Å². The molecule has 0 spiro atoms. The van der Waals surface area contributed by atoms with Crippen molar-refractivity contribution in [1.82, 2.24) is 10.2 Å². The van der Waals surface area contributed by atoms with Gasteiger partial charge in [0.15, 0.2) is 5.96 Å². The average molecular weight is 497 g/mol. The average Bonchev–Trinajstić information content (AvgIpc) is 2.69. The summed E-state index contributed by atoms with van der Waals surface area (Å²) in [6, 6.07) is 16.2. The fraction of sp³-hybridized carbons (Fsp3) is 0.300. The van der Waals surface area contributed by atoms with Crippen LogP contribution in [0.3, 0.4) is 0 Å². The van der Waals surface area contributed by atoms with E-state index >= 15 is 0 Å². The van der Waals surface area contributed by atoms with Crippen LogP contribution in [-0.2, 0) is 4.79 Å². The third-order valence-corrected chi connectivity index (χ3v) is 4.43. The molecule has 0 bridgehead atoms. The Hall–Kier alpha value is -2.36. The minimum Gasteiger partial charge on any atom is -0.368 e. The molecule has 1 fully saturated rings. The number of rotatable bonds is 4. The molecule has 1 aliphatic rings. The van der Waals surface area contributed by atoms with Crippen LogP contribution in [0.5, 0.6) is 0 Å². The third kappa shape index (κ3) is 6.08. The first-order chi connectivity index (χ1) is 13.2. The molecule has 1 aliphatic heterocycles. The molecule has 6 nitrogen and oxygen atoms in total. The lowest BCUT2D eigenvalue weighted by atomic mass is 10.2. The van der Waals surface area contributed by atoms with Gasteiger partial charge in [-0.15, -0.1) is 24.0 Å². The number of benzene rings is 2. The Balaban J connectivity index is 0.00000280. The first-order valence-corrected chi connectivity index (χ1v) is 8.97. The van der Waals surface area contributed by atoms with Gasteiger partial charge < -0.3 is 20.4 Å². The van der Waals surface area contributed by atoms with Crippen LogP contribution >= 0.6 is 24.0 Å². The zero-order valence-electron chi connectivity index (χ0n) is 15.8. The molecule has 1 amide bonds. The van der Waals surface area contributed by atoms with E-state index in [0.29, 0.717) is 11.6 Å². The van der Waals surface area contributed by atoms with Gasteiger partial charge >= 0.3 is 0 Å². The van der Waals surface area contributed by atoms with Crippen LogP contribution in [-0.4, -0.2) is 56.5 Å². The summed E-state index contributed by atoms with van der Waals surface area (Å²) in [5, 5.41) is 5.75. The number of anilines is 2. The van der Waals surface area contributed by atoms with Gasteiger partial charge in [0, 0.05) is 44.6 Å². The lowest BCUT2D eigenvalue weighted by Crippen LogP contribution is -2.53. The van der Waals surface area contributed by atoms with E-state index in [4.69, 9.17) is 0 Å². The molecule has 2 aromatic rings. The van der Waals surface area contributed by atoms with Gasteiger partial charge in [-0.3, -0.25) is 9.79 Å². The molecule has 2 N–H and O–H groups in total. The van der Waals surface area contributed by atoms with Gasteiger partial charge in [0.1, 0.15) is 5.82 Å². The Morgan fingerprint density at radius 1 is 1.07 bits per heavy atom. The minimum atomic E-state index is -0.382. The number of hydrogen-bond acceptors (Lipinski definition) is 3. The van der Waals surface area contributed by atoms with E-state index in [9.17, 15) is 9.18 Å². The molecule has 0 radical (unpaired) electrons. The summed E-state index contributed by atoms with van der Waals surface area (Å²) in [4.78, 5) is 20.8. The Labute approximate surface area is 181 Å². The second kappa shape index (κ2) is 10.8. The van der Waals surface area contributed by atoms with Crippen LogP contribution in [0.25, 0.3) is 0 Å². The quantitative estimate of drug-likeness (QED) is 0.388. The highest BCUT2D eigenvalue weighted by atomic mass is 127. The molecular weight excluding hydrogens is 472 g/mol. The molecule has 8 heteroatoms. The molecule has 1 saturated heterocycles. The van der Waals surface area contributed by atoms with Crippen molar-refractivity contribution in [3.05, 3.63) is 60.4 Å². The van der Waals surface area contributed by atoms with Crippen LogP contribution < -0.4 is 15.5 Å². The Bertz CT molecular complexity index is 794. The summed E-state index contributed by atoms with van der Waals surface area (Å²) in [6.45, 7) is 3.49. The van der Waals surface area contributed by atoms with Gasteiger partial charge in [-0.1, -0.05) is 24.3 Å². The van der Waals surface area contributed by atoms with Crippen molar-refractivity contribution in [2.45, 2.75) is 0 Å². The van der Waals surface area contributed by atoms with Gasteiger partial charge in [0.2, 0.25) is 5.91 Å². The van der Waals surface area contributed by atoms with E-state index in [-0.39, 0.29) is 42.2 Å². The highest BCUT2D eigenvalue weighted by Crippen LogP contribution is 2.15. The second-order valence-electron chi connectivity index (χ2n) is 6.27. The van der Waals surface area contributed by atoms with Crippen molar-refractivity contribution < 1.29 is 9.18 Å². The first kappa shape index (κ1) is 21.9. The second-order valence-corrected chi connectivity index (χ2v) is 6.27. The topological polar surface area (TPSA) is 60.0 Å². The zero-order valence-corrected chi connectivity index (χ0v) is 18.1. The van der Waals surface area contributed by atoms with Gasteiger partial charge in [-0.25, -0.2) is 4.39 Å². The number of piperazine rings is 1. The predicted molar refractivity (Wildman–Crippen MR) is 122 cm³/mol. The summed E-state index contributed by atoms with van der Waals surface area (Å²) in [5.74, 6) is 0.0645. The highest BCUT2D eigenvalue weighted by molar-refractivity contribution is 14.0. The Kier molecular flexibility index (Phi) is 8.49. The van der Waals surface area contributed by atoms with Crippen LogP contribution in [0.2, 0.25) is 0 Å². The molecule has 0 unspecified atom stereocenters. The Morgan fingerprint density at radius 2 is 1.79 bits per heavy atom. The molecule has 0 aliphatic carbocycles. The smallest absolute Gasteiger partial charge is 0.243 e. The first-order valence-electron chi connectivity index (χ1n) is 8.97. The lowest BCUT2D eigenvalue weighted by Gasteiger charge is -2.37. The molecule has 2 aromatic carbocycles. The van der Waals surface area contributed by atoms with E-state index < -0.39 is 0 Å². The van der Waals surface area contributed by atoms with E-state index in [1.807, 2.05) is 18.2 Å². The maximum Gasteiger partial charge on any atom is 0.243 e. The number of aliphatic imine (C=N–C) groups is 1. The van der Waals surface area contributed by atoms with Gasteiger partial charge in [-0.05, 0) is 30.3 Å². The van der Waals surface area contributed by atoms with Crippen molar-refractivity contribution in [3.8, 4) is 0 Å². The summed E-state index contributed by atoms with van der Waals surface area (Å²) < 4.78 is 13.2. The summed E-state index contributed by atoms with van der Waals surface area (Å²) in [5.41, 5.74) is 1.66. The summed E-state index contributed by atoms with van der Waals surface area (Å²) >= 11 is 0. The molecule has 150 valence electrons. The molecule has 3 rings (SSSR count). The number of carbonyl (C=O) groups is 1. The number of guanidine groups is 1. The molecule has 0 atom stereocenters. The number of carbonyl (C=O) groups excluding carboxylic acids is 1. The number of nitrogens with zero attached hydrogens (tertiary/aromatic N) is 3. The highest BCUT2D eigenvalue weighted by Gasteiger charge is 2.20. The third-order valence-electron chi connectivity index (χ3n) is 4.43. The van der Waals surface area contributed by atoms with Gasteiger partial charge in [0.25, 0.3) is 0 Å². The fourth-order valence-corrected chi connectivity index (χ4v) is 3.08. The number of amides is 1. The van der Waals surface area contributed by atoms with Crippen molar-refractivity contribution in [1.29, 1.82) is 0 Å². The van der Waals surface area contributed by atoms with Crippen LogP contribution in [0, 0.1) is 5.82 Å². The van der Waals surface area contributed by atoms with E-state index in [0.717, 1.165) is 26.2 Å². The van der Waals surface area contributed by atoms with E-state index in [1.54, 1.807) is 19.2 Å². The molecule has 28 heavy (non-hydrogen) atoms. The van der Waals surface area contributed by atoms with Crippen molar-refractivity contribution in [3.63, 3.8) is 0 Å². The van der Waals surface area contributed by atoms with E-state index in [2.05, 4.69) is 37.6 Å². The predicted octanol–water partition coefficient (Wildman–Crippen LogP) is 2.78. The molecule has 1 heterocycles. The number of hydrogen-bond donors (Lipinski definition) is 2. The molecule has 0 saturated carbocycles. The van der Waals surface area contributed by atoms with Gasteiger partial charge in [-0.2, -0.15) is 0 Å². The zero-order chi connectivity index (χ0) is 19.1. The summed E-state index contributed by atoms with van der Waals surface area (Å²) in [6.07, 6.45) is 0. The number of nitrogens with one attached hydrogen (secondary N) is 2. The summed E-state index contributed by atoms with van der Waals surface area (Å²) in [7, 11) is 1.70. The normalized spacial score (nSPS) is 14.3. The standard InChI is InChI=1S/C20H24FN5O.HI/c1-22-20(23-15-19(27)24-17-7-5-6-16(21)14-17)26-12-10-25(11-13-26)18-8-3-2-4-9-18;/h2-9,14H,10-13,15H2,1H3,(H,22,23)(H,24,27);1H. The van der Waals surface area contributed by atoms with Crippen LogP contribution in [0.4, 0.5) is 15.8 Å². The SMILES string of the molecule is CN=C(NCC(=O)Nc1cccc(F)c1)N1CCN(c2ccccc2)CC1.I. The monoisotopic (exact) mass is 497 g/mol. The lowest BCUT2D eigenvalue weighted by molar-refractivity contribution is -0.115. The van der Waals surface area contributed by atoms with E-state index in [1.165, 1.54) is 17.8 Å². The van der Waals surface area contributed by atoms with Crippen molar-refractivity contribution >= 4 is 47.2 Å². The number of halogens is 2. The Morgan fingerprint density at radius 3 is 2.43 bits per heavy atom. The maximum absolute atomic E-state index is 13.2. The minimum absolute atomic E-state index is 0. The molecule has 0 aromatic heterocycles.